The normalized spacial score (nSPS) is 20.8. The molecule has 2 fully saturated rings. The van der Waals surface area contributed by atoms with Gasteiger partial charge in [0.2, 0.25) is 5.91 Å². The van der Waals surface area contributed by atoms with Gasteiger partial charge >= 0.3 is 6.18 Å². The van der Waals surface area contributed by atoms with Gasteiger partial charge in [0.15, 0.2) is 0 Å². The van der Waals surface area contributed by atoms with Crippen LogP contribution in [0, 0.1) is 5.92 Å². The lowest BCUT2D eigenvalue weighted by Gasteiger charge is -2.36. The Morgan fingerprint density at radius 3 is 2.63 bits per heavy atom. The molecule has 0 N–H and O–H groups in total. The number of amides is 1. The number of piperidine rings is 1. The van der Waals surface area contributed by atoms with Crippen LogP contribution in [0.15, 0.2) is 18.3 Å². The minimum Gasteiger partial charge on any atom is -0.355 e. The van der Waals surface area contributed by atoms with Crippen molar-refractivity contribution in [2.45, 2.75) is 37.9 Å². The predicted octanol–water partition coefficient (Wildman–Crippen LogP) is 2.87. The van der Waals surface area contributed by atoms with Crippen molar-refractivity contribution in [2.24, 2.45) is 5.92 Å². The second-order valence-corrected chi connectivity index (χ2v) is 7.72. The lowest BCUT2D eigenvalue weighted by molar-refractivity contribution is -0.137. The van der Waals surface area contributed by atoms with E-state index in [2.05, 4.69) is 4.98 Å². The van der Waals surface area contributed by atoms with Gasteiger partial charge in [-0.3, -0.25) is 4.79 Å². The first-order valence-electron chi connectivity index (χ1n) is 9.49. The van der Waals surface area contributed by atoms with Crippen molar-refractivity contribution in [3.05, 3.63) is 23.9 Å². The van der Waals surface area contributed by atoms with E-state index in [1.54, 1.807) is 4.90 Å². The van der Waals surface area contributed by atoms with E-state index in [1.807, 2.05) is 23.9 Å². The number of hydrogen-bond acceptors (Lipinski definition) is 4. The number of rotatable bonds is 6. The Balaban J connectivity index is 1.73. The number of alkyl halides is 3. The van der Waals surface area contributed by atoms with E-state index in [4.69, 9.17) is 0 Å². The summed E-state index contributed by atoms with van der Waals surface area (Å²) in [7, 11) is 3.94. The number of carbonyl (C=O) groups is 1. The average Bonchev–Trinajstić information content (AvgIpc) is 3.46. The molecule has 0 radical (unpaired) electrons. The van der Waals surface area contributed by atoms with E-state index in [0.29, 0.717) is 38.5 Å². The van der Waals surface area contributed by atoms with Crippen molar-refractivity contribution in [3.8, 4) is 0 Å². The molecule has 1 aromatic heterocycles. The Morgan fingerprint density at radius 2 is 2.00 bits per heavy atom. The summed E-state index contributed by atoms with van der Waals surface area (Å²) in [5, 5.41) is 0. The first-order chi connectivity index (χ1) is 12.8. The van der Waals surface area contributed by atoms with Gasteiger partial charge in [-0.15, -0.1) is 0 Å². The van der Waals surface area contributed by atoms with Crippen molar-refractivity contribution in [3.63, 3.8) is 0 Å². The van der Waals surface area contributed by atoms with Crippen LogP contribution in [0.3, 0.4) is 0 Å². The van der Waals surface area contributed by atoms with Crippen LogP contribution in [0.4, 0.5) is 19.0 Å². The second kappa shape index (κ2) is 8.04. The smallest absolute Gasteiger partial charge is 0.355 e. The quantitative estimate of drug-likeness (QED) is 0.756. The minimum atomic E-state index is -4.45. The molecule has 5 nitrogen and oxygen atoms in total. The highest BCUT2D eigenvalue weighted by Gasteiger charge is 2.40. The highest BCUT2D eigenvalue weighted by Crippen LogP contribution is 2.37. The summed E-state index contributed by atoms with van der Waals surface area (Å²) in [6.07, 6.45) is 0.378. The minimum absolute atomic E-state index is 0.0613. The van der Waals surface area contributed by atoms with Crippen LogP contribution in [-0.2, 0) is 11.0 Å². The molecule has 27 heavy (non-hydrogen) atoms. The molecule has 1 aliphatic carbocycles. The fourth-order valence-electron chi connectivity index (χ4n) is 3.64. The number of pyridine rings is 1. The van der Waals surface area contributed by atoms with Crippen molar-refractivity contribution in [1.82, 2.24) is 14.8 Å². The standard InChI is InChI=1S/C19H27F3N4O/c1-24(2)11-12-26(15-7-8-15)18(27)14-5-4-10-25(13-14)17-16(19(20,21)22)6-3-9-23-17/h3,6,9,14-15H,4-5,7-8,10-13H2,1-2H3. The molecule has 3 rings (SSSR count). The van der Waals surface area contributed by atoms with Gasteiger partial charge in [0, 0.05) is 38.4 Å². The van der Waals surface area contributed by atoms with Crippen LogP contribution in [-0.4, -0.2) is 67.0 Å². The van der Waals surface area contributed by atoms with E-state index < -0.39 is 11.7 Å². The third kappa shape index (κ3) is 4.91. The second-order valence-electron chi connectivity index (χ2n) is 7.72. The molecule has 2 aliphatic rings. The monoisotopic (exact) mass is 384 g/mol. The lowest BCUT2D eigenvalue weighted by atomic mass is 9.96. The zero-order valence-electron chi connectivity index (χ0n) is 15.9. The lowest BCUT2D eigenvalue weighted by Crippen LogP contribution is -2.47. The largest absolute Gasteiger partial charge is 0.419 e. The molecule has 1 saturated heterocycles. The fourth-order valence-corrected chi connectivity index (χ4v) is 3.64. The van der Waals surface area contributed by atoms with Crippen molar-refractivity contribution in [1.29, 1.82) is 0 Å². The van der Waals surface area contributed by atoms with Crippen LogP contribution < -0.4 is 4.90 Å². The molecule has 8 heteroatoms. The molecule has 1 aliphatic heterocycles. The third-order valence-corrected chi connectivity index (χ3v) is 5.22. The van der Waals surface area contributed by atoms with Crippen LogP contribution in [0.25, 0.3) is 0 Å². The van der Waals surface area contributed by atoms with E-state index >= 15 is 0 Å². The van der Waals surface area contributed by atoms with E-state index in [0.717, 1.165) is 25.5 Å². The fraction of sp³-hybridized carbons (Fsp3) is 0.684. The molecule has 150 valence electrons. The van der Waals surface area contributed by atoms with Crippen LogP contribution in [0.5, 0.6) is 0 Å². The van der Waals surface area contributed by atoms with Crippen LogP contribution in [0.1, 0.15) is 31.2 Å². The number of aromatic nitrogens is 1. The van der Waals surface area contributed by atoms with Gasteiger partial charge in [-0.2, -0.15) is 13.2 Å². The first kappa shape index (κ1) is 19.9. The van der Waals surface area contributed by atoms with Gasteiger partial charge in [-0.1, -0.05) is 0 Å². The van der Waals surface area contributed by atoms with Gasteiger partial charge in [0.05, 0.1) is 11.5 Å². The molecule has 1 amide bonds. The molecular weight excluding hydrogens is 357 g/mol. The maximum atomic E-state index is 13.3. The zero-order chi connectivity index (χ0) is 19.6. The Labute approximate surface area is 158 Å². The van der Waals surface area contributed by atoms with E-state index in [9.17, 15) is 18.0 Å². The van der Waals surface area contributed by atoms with Crippen LogP contribution >= 0.6 is 0 Å². The number of likely N-dealkylation sites (N-methyl/N-ethyl adjacent to an activating group) is 1. The van der Waals surface area contributed by atoms with Gasteiger partial charge in [0.25, 0.3) is 0 Å². The number of carbonyl (C=O) groups excluding carboxylic acids is 1. The Morgan fingerprint density at radius 1 is 1.26 bits per heavy atom. The number of halogens is 3. The Kier molecular flexibility index (Phi) is 5.93. The van der Waals surface area contributed by atoms with E-state index in [1.165, 1.54) is 12.3 Å². The molecule has 0 spiro atoms. The topological polar surface area (TPSA) is 39.7 Å². The number of nitrogens with zero attached hydrogens (tertiary/aromatic N) is 4. The van der Waals surface area contributed by atoms with Gasteiger partial charge < -0.3 is 14.7 Å². The van der Waals surface area contributed by atoms with Crippen LogP contribution in [0.2, 0.25) is 0 Å². The number of hydrogen-bond donors (Lipinski definition) is 0. The summed E-state index contributed by atoms with van der Waals surface area (Å²) < 4.78 is 40.0. The number of anilines is 1. The van der Waals surface area contributed by atoms with Crippen molar-refractivity contribution < 1.29 is 18.0 Å². The van der Waals surface area contributed by atoms with E-state index in [-0.39, 0.29) is 17.6 Å². The molecule has 0 bridgehead atoms. The Hall–Kier alpha value is -1.83. The summed E-state index contributed by atoms with van der Waals surface area (Å²) in [5.41, 5.74) is -0.732. The molecular formula is C19H27F3N4O. The maximum absolute atomic E-state index is 13.3. The van der Waals surface area contributed by atoms with Gasteiger partial charge in [0.1, 0.15) is 5.82 Å². The summed E-state index contributed by atoms with van der Waals surface area (Å²) in [6.45, 7) is 2.25. The maximum Gasteiger partial charge on any atom is 0.419 e. The Bertz CT molecular complexity index is 661. The van der Waals surface area contributed by atoms with Gasteiger partial charge in [-0.05, 0) is 51.9 Å². The highest BCUT2D eigenvalue weighted by molar-refractivity contribution is 5.80. The molecule has 1 saturated carbocycles. The molecule has 1 atom stereocenters. The van der Waals surface area contributed by atoms with Gasteiger partial charge in [-0.25, -0.2) is 4.98 Å². The molecule has 2 heterocycles. The molecule has 1 unspecified atom stereocenters. The SMILES string of the molecule is CN(C)CCN(C(=O)C1CCCN(c2ncccc2C(F)(F)F)C1)C1CC1. The van der Waals surface area contributed by atoms with Crippen molar-refractivity contribution in [2.75, 3.05) is 45.2 Å². The zero-order valence-corrected chi connectivity index (χ0v) is 15.9. The molecule has 0 aromatic carbocycles. The molecule has 1 aromatic rings. The third-order valence-electron chi connectivity index (χ3n) is 5.22. The van der Waals surface area contributed by atoms with Crippen molar-refractivity contribution >= 4 is 11.7 Å². The summed E-state index contributed by atoms with van der Waals surface area (Å²) in [6, 6.07) is 2.66. The first-order valence-corrected chi connectivity index (χ1v) is 9.49. The summed E-state index contributed by atoms with van der Waals surface area (Å²) >= 11 is 0. The average molecular weight is 384 g/mol. The predicted molar refractivity (Wildman–Crippen MR) is 97.5 cm³/mol. The summed E-state index contributed by atoms with van der Waals surface area (Å²) in [5.74, 6) is -0.257. The summed E-state index contributed by atoms with van der Waals surface area (Å²) in [4.78, 5) is 22.7. The highest BCUT2D eigenvalue weighted by atomic mass is 19.4.